The number of aromatic hydroxyl groups is 3. The van der Waals surface area contributed by atoms with E-state index in [1.807, 2.05) is 26.8 Å². The molecule has 0 saturated heterocycles. The van der Waals surface area contributed by atoms with Crippen molar-refractivity contribution in [1.29, 1.82) is 0 Å². The molecule has 0 saturated carbocycles. The van der Waals surface area contributed by atoms with Gasteiger partial charge in [-0.1, -0.05) is 17.2 Å². The zero-order valence-electron chi connectivity index (χ0n) is 13.1. The average Bonchev–Trinajstić information content (AvgIpc) is 2.43. The van der Waals surface area contributed by atoms with E-state index in [4.69, 9.17) is 4.74 Å². The Labute approximate surface area is 130 Å². The van der Waals surface area contributed by atoms with Crippen LogP contribution in [0.5, 0.6) is 17.2 Å². The zero-order valence-corrected chi connectivity index (χ0v) is 13.1. The molecule has 5 heteroatoms. The monoisotopic (exact) mass is 306 g/mol. The average molecular weight is 306 g/mol. The summed E-state index contributed by atoms with van der Waals surface area (Å²) in [6, 6.07) is 2.09. The molecule has 0 aromatic heterocycles. The van der Waals surface area contributed by atoms with Gasteiger partial charge in [0.25, 0.3) is 0 Å². The quantitative estimate of drug-likeness (QED) is 0.424. The molecule has 5 nitrogen and oxygen atoms in total. The van der Waals surface area contributed by atoms with Crippen LogP contribution in [0.25, 0.3) is 0 Å². The SMILES string of the molecule is CC(C)=CCC/C(C)=C\COC(=O)c1cc(O)c(O)c(O)c1. The third-order valence-electron chi connectivity index (χ3n) is 3.04. The first-order valence-corrected chi connectivity index (χ1v) is 7.02. The highest BCUT2D eigenvalue weighted by Crippen LogP contribution is 2.35. The second-order valence-electron chi connectivity index (χ2n) is 5.33. The van der Waals surface area contributed by atoms with E-state index in [-0.39, 0.29) is 12.2 Å². The molecule has 0 heterocycles. The molecule has 1 rings (SSSR count). The summed E-state index contributed by atoms with van der Waals surface area (Å²) in [5.74, 6) is -2.48. The zero-order chi connectivity index (χ0) is 16.7. The highest BCUT2D eigenvalue weighted by Gasteiger charge is 2.14. The summed E-state index contributed by atoms with van der Waals surface area (Å²) >= 11 is 0. The van der Waals surface area contributed by atoms with Crippen molar-refractivity contribution < 1.29 is 24.9 Å². The van der Waals surface area contributed by atoms with Crippen LogP contribution in [0, 0.1) is 0 Å². The summed E-state index contributed by atoms with van der Waals surface area (Å²) in [4.78, 5) is 11.8. The number of ether oxygens (including phenoxy) is 1. The minimum atomic E-state index is -0.682. The van der Waals surface area contributed by atoms with Gasteiger partial charge in [-0.05, 0) is 51.8 Å². The van der Waals surface area contributed by atoms with Crippen molar-refractivity contribution in [1.82, 2.24) is 0 Å². The summed E-state index contributed by atoms with van der Waals surface area (Å²) in [6.07, 6.45) is 5.80. The Bertz CT molecular complexity index is 572. The lowest BCUT2D eigenvalue weighted by atomic mass is 10.1. The van der Waals surface area contributed by atoms with Gasteiger partial charge in [-0.3, -0.25) is 0 Å². The molecule has 120 valence electrons. The lowest BCUT2D eigenvalue weighted by Gasteiger charge is -2.06. The largest absolute Gasteiger partial charge is 0.504 e. The molecule has 0 spiro atoms. The van der Waals surface area contributed by atoms with Gasteiger partial charge in [-0.25, -0.2) is 4.79 Å². The summed E-state index contributed by atoms with van der Waals surface area (Å²) in [6.45, 7) is 6.17. The standard InChI is InChI=1S/C17H22O5/c1-11(2)5-4-6-12(3)7-8-22-17(21)13-9-14(18)16(20)15(19)10-13/h5,7,9-10,18-20H,4,6,8H2,1-3H3/b12-7-. The maximum Gasteiger partial charge on any atom is 0.338 e. The van der Waals surface area contributed by atoms with Gasteiger partial charge < -0.3 is 20.1 Å². The third-order valence-corrected chi connectivity index (χ3v) is 3.04. The molecule has 0 atom stereocenters. The number of carbonyl (C=O) groups excluding carboxylic acids is 1. The summed E-state index contributed by atoms with van der Waals surface area (Å²) in [5.41, 5.74) is 2.36. The second kappa shape index (κ2) is 8.12. The number of phenols is 3. The van der Waals surface area contributed by atoms with E-state index in [2.05, 4.69) is 6.08 Å². The van der Waals surface area contributed by atoms with E-state index in [1.165, 1.54) is 5.57 Å². The fraction of sp³-hybridized carbons (Fsp3) is 0.353. The number of rotatable bonds is 6. The van der Waals surface area contributed by atoms with Crippen LogP contribution in [0.1, 0.15) is 44.0 Å². The molecule has 22 heavy (non-hydrogen) atoms. The topological polar surface area (TPSA) is 87.0 Å². The van der Waals surface area contributed by atoms with Crippen molar-refractivity contribution in [2.75, 3.05) is 6.61 Å². The van der Waals surface area contributed by atoms with E-state index < -0.39 is 23.2 Å². The van der Waals surface area contributed by atoms with E-state index in [0.717, 1.165) is 30.5 Å². The Hall–Kier alpha value is -2.43. The number of phenolic OH excluding ortho intramolecular Hbond substituents is 3. The van der Waals surface area contributed by atoms with Crippen LogP contribution in [-0.4, -0.2) is 27.9 Å². The van der Waals surface area contributed by atoms with Crippen LogP contribution in [0.15, 0.2) is 35.4 Å². The summed E-state index contributed by atoms with van der Waals surface area (Å²) < 4.78 is 5.04. The molecule has 1 aromatic rings. The number of benzene rings is 1. The van der Waals surface area contributed by atoms with Crippen molar-refractivity contribution >= 4 is 5.97 Å². The van der Waals surface area contributed by atoms with Gasteiger partial charge in [-0.2, -0.15) is 0 Å². The Morgan fingerprint density at radius 2 is 1.68 bits per heavy atom. The number of carbonyl (C=O) groups is 1. The smallest absolute Gasteiger partial charge is 0.338 e. The Morgan fingerprint density at radius 1 is 1.09 bits per heavy atom. The maximum absolute atomic E-state index is 11.8. The first kappa shape index (κ1) is 17.6. The molecule has 0 radical (unpaired) electrons. The molecule has 0 aliphatic rings. The maximum atomic E-state index is 11.8. The van der Waals surface area contributed by atoms with Crippen LogP contribution in [0.3, 0.4) is 0 Å². The lowest BCUT2D eigenvalue weighted by molar-refractivity contribution is 0.0548. The molecule has 0 unspecified atom stereocenters. The minimum Gasteiger partial charge on any atom is -0.504 e. The molecular formula is C17H22O5. The molecule has 1 aromatic carbocycles. The fourth-order valence-corrected chi connectivity index (χ4v) is 1.76. The van der Waals surface area contributed by atoms with Crippen LogP contribution < -0.4 is 0 Å². The van der Waals surface area contributed by atoms with Gasteiger partial charge in [0.15, 0.2) is 17.2 Å². The van der Waals surface area contributed by atoms with Gasteiger partial charge in [0.2, 0.25) is 0 Å². The molecule has 0 aliphatic carbocycles. The second-order valence-corrected chi connectivity index (χ2v) is 5.33. The molecule has 3 N–H and O–H groups in total. The van der Waals surface area contributed by atoms with Crippen LogP contribution >= 0.6 is 0 Å². The van der Waals surface area contributed by atoms with Crippen molar-refractivity contribution in [3.63, 3.8) is 0 Å². The van der Waals surface area contributed by atoms with Crippen LogP contribution in [0.4, 0.5) is 0 Å². The van der Waals surface area contributed by atoms with Gasteiger partial charge in [0.1, 0.15) is 6.61 Å². The van der Waals surface area contributed by atoms with Crippen molar-refractivity contribution in [2.24, 2.45) is 0 Å². The Kier molecular flexibility index (Phi) is 6.50. The van der Waals surface area contributed by atoms with Gasteiger partial charge in [0, 0.05) is 0 Å². The molecule has 0 fully saturated rings. The molecular weight excluding hydrogens is 284 g/mol. The molecule has 0 bridgehead atoms. The van der Waals surface area contributed by atoms with Gasteiger partial charge >= 0.3 is 5.97 Å². The van der Waals surface area contributed by atoms with Gasteiger partial charge in [0.05, 0.1) is 5.56 Å². The van der Waals surface area contributed by atoms with Crippen LogP contribution in [0.2, 0.25) is 0 Å². The predicted molar refractivity (Wildman–Crippen MR) is 84.1 cm³/mol. The van der Waals surface area contributed by atoms with E-state index in [0.29, 0.717) is 0 Å². The lowest BCUT2D eigenvalue weighted by Crippen LogP contribution is -2.05. The summed E-state index contributed by atoms with van der Waals surface area (Å²) in [7, 11) is 0. The van der Waals surface area contributed by atoms with Crippen LogP contribution in [-0.2, 0) is 4.74 Å². The number of esters is 1. The van der Waals surface area contributed by atoms with Crippen molar-refractivity contribution in [3.05, 3.63) is 41.0 Å². The number of allylic oxidation sites excluding steroid dienone is 3. The van der Waals surface area contributed by atoms with Gasteiger partial charge in [-0.15, -0.1) is 0 Å². The minimum absolute atomic E-state index is 0.0246. The normalized spacial score (nSPS) is 11.1. The van der Waals surface area contributed by atoms with E-state index >= 15 is 0 Å². The number of hydrogen-bond acceptors (Lipinski definition) is 5. The Morgan fingerprint density at radius 3 is 2.23 bits per heavy atom. The van der Waals surface area contributed by atoms with Crippen molar-refractivity contribution in [3.8, 4) is 17.2 Å². The summed E-state index contributed by atoms with van der Waals surface area (Å²) in [5, 5.41) is 27.9. The first-order valence-electron chi connectivity index (χ1n) is 7.02. The highest BCUT2D eigenvalue weighted by atomic mass is 16.5. The first-order chi connectivity index (χ1) is 10.3. The highest BCUT2D eigenvalue weighted by molar-refractivity contribution is 5.91. The number of hydrogen-bond donors (Lipinski definition) is 3. The van der Waals surface area contributed by atoms with E-state index in [1.54, 1.807) is 0 Å². The molecule has 0 aliphatic heterocycles. The third kappa shape index (κ3) is 5.52. The van der Waals surface area contributed by atoms with Crippen molar-refractivity contribution in [2.45, 2.75) is 33.6 Å². The fourth-order valence-electron chi connectivity index (χ4n) is 1.76. The van der Waals surface area contributed by atoms with E-state index in [9.17, 15) is 20.1 Å². The predicted octanol–water partition coefficient (Wildman–Crippen LogP) is 3.65. The Balaban J connectivity index is 2.54. The molecule has 0 amide bonds.